The fourth-order valence-electron chi connectivity index (χ4n) is 1.65. The van der Waals surface area contributed by atoms with Gasteiger partial charge in [-0.05, 0) is 24.1 Å². The predicted octanol–water partition coefficient (Wildman–Crippen LogP) is 1.61. The van der Waals surface area contributed by atoms with Crippen LogP contribution >= 0.6 is 0 Å². The molecule has 0 saturated carbocycles. The number of nitrogens with one attached hydrogen (secondary N) is 1. The summed E-state index contributed by atoms with van der Waals surface area (Å²) < 4.78 is 12.9. The van der Waals surface area contributed by atoms with Gasteiger partial charge in [0.2, 0.25) is 0 Å². The highest BCUT2D eigenvalue weighted by Gasteiger charge is 2.09. The molecule has 0 heterocycles. The molecule has 96 valence electrons. The Balaban J connectivity index is 2.32. The smallest absolute Gasteiger partial charge is 0.123 e. The quantitative estimate of drug-likeness (QED) is 0.680. The van der Waals surface area contributed by atoms with E-state index in [9.17, 15) is 14.6 Å². The second kappa shape index (κ2) is 7.37. The Bertz CT molecular complexity index is 333. The van der Waals surface area contributed by atoms with Crippen LogP contribution in [-0.2, 0) is 0 Å². The van der Waals surface area contributed by atoms with Gasteiger partial charge in [0.15, 0.2) is 0 Å². The van der Waals surface area contributed by atoms with E-state index in [1.807, 2.05) is 6.92 Å². The third kappa shape index (κ3) is 5.26. The van der Waals surface area contributed by atoms with Crippen molar-refractivity contribution in [1.82, 2.24) is 5.32 Å². The van der Waals surface area contributed by atoms with E-state index in [2.05, 4.69) is 5.32 Å². The van der Waals surface area contributed by atoms with Gasteiger partial charge in [-0.2, -0.15) is 0 Å². The minimum Gasteiger partial charge on any atom is -0.392 e. The molecule has 2 unspecified atom stereocenters. The van der Waals surface area contributed by atoms with Crippen LogP contribution in [0.3, 0.4) is 0 Å². The van der Waals surface area contributed by atoms with Crippen LogP contribution in [0.5, 0.6) is 0 Å². The van der Waals surface area contributed by atoms with Crippen LogP contribution in [0.25, 0.3) is 0 Å². The van der Waals surface area contributed by atoms with Gasteiger partial charge in [-0.25, -0.2) is 4.39 Å². The number of aliphatic hydroxyl groups is 2. The Hall–Kier alpha value is -0.970. The summed E-state index contributed by atoms with van der Waals surface area (Å²) in [6, 6.07) is 5.90. The first-order chi connectivity index (χ1) is 8.13. The molecular formula is C13H20FNO2. The van der Waals surface area contributed by atoms with E-state index in [0.717, 1.165) is 12.8 Å². The van der Waals surface area contributed by atoms with Crippen LogP contribution in [0.2, 0.25) is 0 Å². The van der Waals surface area contributed by atoms with E-state index in [-0.39, 0.29) is 11.9 Å². The molecule has 0 radical (unpaired) electrons. The number of hydrogen-bond acceptors (Lipinski definition) is 3. The van der Waals surface area contributed by atoms with E-state index in [1.54, 1.807) is 12.1 Å². The Morgan fingerprint density at radius 2 is 2.06 bits per heavy atom. The molecule has 0 fully saturated rings. The fourth-order valence-corrected chi connectivity index (χ4v) is 1.65. The lowest BCUT2D eigenvalue weighted by molar-refractivity contribution is 0.140. The maximum absolute atomic E-state index is 12.9. The van der Waals surface area contributed by atoms with Crippen LogP contribution in [0.4, 0.5) is 4.39 Å². The fraction of sp³-hybridized carbons (Fsp3) is 0.538. The lowest BCUT2D eigenvalue weighted by atomic mass is 10.1. The molecule has 2 atom stereocenters. The van der Waals surface area contributed by atoms with Crippen molar-refractivity contribution in [1.29, 1.82) is 0 Å². The zero-order chi connectivity index (χ0) is 12.7. The summed E-state index contributed by atoms with van der Waals surface area (Å²) in [5.41, 5.74) is 0.544. The predicted molar refractivity (Wildman–Crippen MR) is 65.1 cm³/mol. The average molecular weight is 241 g/mol. The van der Waals surface area contributed by atoms with Crippen LogP contribution in [0.15, 0.2) is 24.3 Å². The van der Waals surface area contributed by atoms with Gasteiger partial charge in [0.1, 0.15) is 5.82 Å². The number of aliphatic hydroxyl groups excluding tert-OH is 2. The normalized spacial score (nSPS) is 14.6. The maximum Gasteiger partial charge on any atom is 0.123 e. The first-order valence-electron chi connectivity index (χ1n) is 5.95. The van der Waals surface area contributed by atoms with Gasteiger partial charge in [0.05, 0.1) is 12.2 Å². The van der Waals surface area contributed by atoms with E-state index in [1.165, 1.54) is 12.1 Å². The van der Waals surface area contributed by atoms with Crippen molar-refractivity contribution in [2.45, 2.75) is 32.0 Å². The van der Waals surface area contributed by atoms with E-state index >= 15 is 0 Å². The van der Waals surface area contributed by atoms with Gasteiger partial charge in [-0.3, -0.25) is 0 Å². The number of rotatable bonds is 7. The molecule has 1 rings (SSSR count). The molecule has 0 spiro atoms. The van der Waals surface area contributed by atoms with Crippen molar-refractivity contribution >= 4 is 0 Å². The number of hydrogen-bond donors (Lipinski definition) is 3. The van der Waals surface area contributed by atoms with E-state index in [0.29, 0.717) is 18.7 Å². The summed E-state index contributed by atoms with van der Waals surface area (Å²) in [6.45, 7) is 2.76. The highest BCUT2D eigenvalue weighted by Crippen LogP contribution is 2.12. The van der Waals surface area contributed by atoms with Gasteiger partial charge in [0.25, 0.3) is 0 Å². The molecule has 0 aromatic heterocycles. The molecule has 1 aromatic rings. The minimum atomic E-state index is -0.750. The molecule has 4 heteroatoms. The molecule has 3 nitrogen and oxygen atoms in total. The molecule has 0 aliphatic heterocycles. The number of benzene rings is 1. The van der Waals surface area contributed by atoms with Crippen molar-refractivity contribution in [3.63, 3.8) is 0 Å². The summed E-state index contributed by atoms with van der Waals surface area (Å²) in [5, 5.41) is 22.2. The standard InChI is InChI=1S/C13H20FNO2/c1-2-4-12(16)8-15-9-13(17)10-5-3-6-11(14)7-10/h3,5-7,12-13,15-17H,2,4,8-9H2,1H3. The molecule has 0 bridgehead atoms. The molecule has 0 amide bonds. The third-order valence-corrected chi connectivity index (χ3v) is 2.57. The second-order valence-corrected chi connectivity index (χ2v) is 4.17. The monoisotopic (exact) mass is 241 g/mol. The van der Waals surface area contributed by atoms with Crippen molar-refractivity contribution in [3.8, 4) is 0 Å². The first kappa shape index (κ1) is 14.1. The van der Waals surface area contributed by atoms with Gasteiger partial charge in [-0.15, -0.1) is 0 Å². The van der Waals surface area contributed by atoms with Gasteiger partial charge < -0.3 is 15.5 Å². The maximum atomic E-state index is 12.9. The molecule has 0 aliphatic rings. The molecule has 1 aromatic carbocycles. The first-order valence-corrected chi connectivity index (χ1v) is 5.95. The van der Waals surface area contributed by atoms with Crippen molar-refractivity contribution < 1.29 is 14.6 Å². The Morgan fingerprint density at radius 3 is 2.71 bits per heavy atom. The zero-order valence-corrected chi connectivity index (χ0v) is 10.1. The highest BCUT2D eigenvalue weighted by molar-refractivity contribution is 5.18. The Kier molecular flexibility index (Phi) is 6.11. The van der Waals surface area contributed by atoms with Gasteiger partial charge >= 0.3 is 0 Å². The molecule has 17 heavy (non-hydrogen) atoms. The summed E-state index contributed by atoms with van der Waals surface area (Å²) in [6.07, 6.45) is 0.525. The van der Waals surface area contributed by atoms with E-state index < -0.39 is 6.10 Å². The van der Waals surface area contributed by atoms with Crippen LogP contribution in [-0.4, -0.2) is 29.4 Å². The zero-order valence-electron chi connectivity index (χ0n) is 10.1. The highest BCUT2D eigenvalue weighted by atomic mass is 19.1. The topological polar surface area (TPSA) is 52.5 Å². The minimum absolute atomic E-state index is 0.310. The number of halogens is 1. The third-order valence-electron chi connectivity index (χ3n) is 2.57. The second-order valence-electron chi connectivity index (χ2n) is 4.17. The van der Waals surface area contributed by atoms with Gasteiger partial charge in [-0.1, -0.05) is 25.5 Å². The molecular weight excluding hydrogens is 221 g/mol. The molecule has 0 aliphatic carbocycles. The van der Waals surface area contributed by atoms with Crippen LogP contribution in [0, 0.1) is 5.82 Å². The molecule has 0 saturated heterocycles. The summed E-state index contributed by atoms with van der Waals surface area (Å²) in [5.74, 6) is -0.354. The largest absolute Gasteiger partial charge is 0.392 e. The summed E-state index contributed by atoms with van der Waals surface area (Å²) in [7, 11) is 0. The van der Waals surface area contributed by atoms with Crippen LogP contribution < -0.4 is 5.32 Å². The van der Waals surface area contributed by atoms with Crippen molar-refractivity contribution in [2.24, 2.45) is 0 Å². The van der Waals surface area contributed by atoms with Gasteiger partial charge in [0, 0.05) is 13.1 Å². The lowest BCUT2D eigenvalue weighted by Gasteiger charge is -2.14. The van der Waals surface area contributed by atoms with Crippen molar-refractivity contribution in [3.05, 3.63) is 35.6 Å². The van der Waals surface area contributed by atoms with Crippen LogP contribution in [0.1, 0.15) is 31.4 Å². The summed E-state index contributed by atoms with van der Waals surface area (Å²) in [4.78, 5) is 0. The molecule has 3 N–H and O–H groups in total. The average Bonchev–Trinajstić information content (AvgIpc) is 2.29. The summed E-state index contributed by atoms with van der Waals surface area (Å²) >= 11 is 0. The van der Waals surface area contributed by atoms with Crippen molar-refractivity contribution in [2.75, 3.05) is 13.1 Å². The van der Waals surface area contributed by atoms with E-state index in [4.69, 9.17) is 0 Å². The SMILES string of the molecule is CCCC(O)CNCC(O)c1cccc(F)c1. The Labute approximate surface area is 101 Å². The lowest BCUT2D eigenvalue weighted by Crippen LogP contribution is -2.30. The Morgan fingerprint density at radius 1 is 1.29 bits per heavy atom.